The number of hydrogen-bond donors (Lipinski definition) is 2. The summed E-state index contributed by atoms with van der Waals surface area (Å²) in [5.41, 5.74) is 0.557. The van der Waals surface area contributed by atoms with Crippen LogP contribution >= 0.6 is 11.3 Å². The highest BCUT2D eigenvalue weighted by molar-refractivity contribution is 7.94. The van der Waals surface area contributed by atoms with Gasteiger partial charge >= 0.3 is 6.03 Å². The van der Waals surface area contributed by atoms with Crippen LogP contribution in [0.5, 0.6) is 0 Å². The topological polar surface area (TPSA) is 105 Å². The number of ketones is 1. The Morgan fingerprint density at radius 3 is 2.65 bits per heavy atom. The molecule has 1 aliphatic heterocycles. The number of nitrogens with zero attached hydrogens (tertiary/aromatic N) is 1. The number of aromatic nitrogens is 1. The summed E-state index contributed by atoms with van der Waals surface area (Å²) in [7, 11) is -3.21. The number of amides is 2. The largest absolute Gasteiger partial charge is 0.331 e. The predicted molar refractivity (Wildman–Crippen MR) is 75.7 cm³/mol. The maximum Gasteiger partial charge on any atom is 0.321 e. The summed E-state index contributed by atoms with van der Waals surface area (Å²) in [5.74, 6) is -0.256. The van der Waals surface area contributed by atoms with Gasteiger partial charge in [0.25, 0.3) is 0 Å². The van der Waals surface area contributed by atoms with Crippen LogP contribution in [0, 0.1) is 6.92 Å². The van der Waals surface area contributed by atoms with Gasteiger partial charge in [0.1, 0.15) is 0 Å². The van der Waals surface area contributed by atoms with Crippen molar-refractivity contribution in [3.8, 4) is 0 Å². The van der Waals surface area contributed by atoms with Gasteiger partial charge in [0.05, 0.1) is 22.4 Å². The van der Waals surface area contributed by atoms with Gasteiger partial charge < -0.3 is 5.32 Å². The summed E-state index contributed by atoms with van der Waals surface area (Å²) in [6.45, 7) is 3.11. The summed E-state index contributed by atoms with van der Waals surface area (Å²) < 4.78 is 22.4. The van der Waals surface area contributed by atoms with Crippen molar-refractivity contribution in [3.05, 3.63) is 22.1 Å². The molecule has 0 aromatic carbocycles. The summed E-state index contributed by atoms with van der Waals surface area (Å²) >= 11 is 1.08. The summed E-state index contributed by atoms with van der Waals surface area (Å²) in [5, 5.41) is 6.38. The van der Waals surface area contributed by atoms with E-state index in [9.17, 15) is 18.0 Å². The molecule has 0 unspecified atom stereocenters. The van der Waals surface area contributed by atoms with Crippen molar-refractivity contribution in [2.75, 3.05) is 11.1 Å². The van der Waals surface area contributed by atoms with Gasteiger partial charge in [-0.15, -0.1) is 0 Å². The van der Waals surface area contributed by atoms with E-state index in [-0.39, 0.29) is 11.5 Å². The van der Waals surface area contributed by atoms with Crippen LogP contribution in [0.1, 0.15) is 22.3 Å². The third-order valence-corrected chi connectivity index (χ3v) is 5.15. The SMILES string of the molecule is CC(=O)c1sc(NC(=O)N[C@H]2C=CS(=O)(=O)C2)nc1C. The molecule has 7 nitrogen and oxygen atoms in total. The van der Waals surface area contributed by atoms with E-state index in [0.717, 1.165) is 16.7 Å². The first-order valence-corrected chi connectivity index (χ1v) is 8.27. The van der Waals surface area contributed by atoms with Crippen molar-refractivity contribution in [2.45, 2.75) is 19.9 Å². The number of carbonyl (C=O) groups excluding carboxylic acids is 2. The van der Waals surface area contributed by atoms with E-state index in [1.54, 1.807) is 6.92 Å². The number of Topliss-reactive ketones (excluding diaryl/α,β-unsaturated/α-hetero) is 1. The lowest BCUT2D eigenvalue weighted by Gasteiger charge is -2.09. The van der Waals surface area contributed by atoms with Gasteiger partial charge in [-0.2, -0.15) is 0 Å². The molecule has 2 rings (SSSR count). The lowest BCUT2D eigenvalue weighted by Crippen LogP contribution is -2.38. The van der Waals surface area contributed by atoms with Crippen molar-refractivity contribution in [1.82, 2.24) is 10.3 Å². The molecule has 1 aromatic rings. The standard InChI is InChI=1S/C11H13N3O4S2/c1-6-9(7(2)15)19-11(12-6)14-10(16)13-8-3-4-20(17,18)5-8/h3-4,8H,5H2,1-2H3,(H2,12,13,14,16)/t8-/m0/s1. The van der Waals surface area contributed by atoms with Gasteiger partial charge in [-0.25, -0.2) is 18.2 Å². The molecular formula is C11H13N3O4S2. The summed E-state index contributed by atoms with van der Waals surface area (Å²) in [4.78, 5) is 27.5. The molecule has 0 radical (unpaired) electrons. The zero-order chi connectivity index (χ0) is 14.9. The molecule has 1 atom stereocenters. The maximum atomic E-state index is 11.7. The zero-order valence-electron chi connectivity index (χ0n) is 10.8. The van der Waals surface area contributed by atoms with Crippen LogP contribution in [-0.2, 0) is 9.84 Å². The molecule has 1 aromatic heterocycles. The fourth-order valence-corrected chi connectivity index (χ4v) is 3.84. The van der Waals surface area contributed by atoms with Gasteiger partial charge in [0.2, 0.25) is 0 Å². The average Bonchev–Trinajstić information content (AvgIpc) is 2.81. The third kappa shape index (κ3) is 3.42. The van der Waals surface area contributed by atoms with E-state index < -0.39 is 21.9 Å². The maximum absolute atomic E-state index is 11.7. The van der Waals surface area contributed by atoms with Crippen LogP contribution in [0.2, 0.25) is 0 Å². The second-order valence-corrected chi connectivity index (χ2v) is 7.28. The van der Waals surface area contributed by atoms with Crippen LogP contribution in [0.4, 0.5) is 9.93 Å². The van der Waals surface area contributed by atoms with E-state index in [2.05, 4.69) is 15.6 Å². The normalized spacial score (nSPS) is 19.8. The number of rotatable bonds is 3. The third-order valence-electron chi connectivity index (χ3n) is 2.58. The van der Waals surface area contributed by atoms with Crippen molar-refractivity contribution < 1.29 is 18.0 Å². The quantitative estimate of drug-likeness (QED) is 0.812. The Bertz CT molecular complexity index is 691. The monoisotopic (exact) mass is 315 g/mol. The molecule has 0 fully saturated rings. The van der Waals surface area contributed by atoms with Gasteiger partial charge in [-0.05, 0) is 13.0 Å². The fourth-order valence-electron chi connectivity index (χ4n) is 1.74. The minimum absolute atomic E-state index is 0.113. The second kappa shape index (κ2) is 5.33. The van der Waals surface area contributed by atoms with Crippen LogP contribution in [0.15, 0.2) is 11.5 Å². The first kappa shape index (κ1) is 14.7. The van der Waals surface area contributed by atoms with Crippen LogP contribution in [0.25, 0.3) is 0 Å². The number of carbonyl (C=O) groups is 2. The molecule has 108 valence electrons. The Labute approximate surface area is 120 Å². The number of anilines is 1. The molecule has 2 amide bonds. The minimum atomic E-state index is -3.21. The highest BCUT2D eigenvalue weighted by Gasteiger charge is 2.23. The van der Waals surface area contributed by atoms with Gasteiger partial charge in [0, 0.05) is 12.3 Å². The summed E-state index contributed by atoms with van der Waals surface area (Å²) in [6, 6.07) is -1.10. The highest BCUT2D eigenvalue weighted by atomic mass is 32.2. The number of thiazole rings is 1. The number of sulfone groups is 1. The van der Waals surface area contributed by atoms with Gasteiger partial charge in [-0.3, -0.25) is 10.1 Å². The van der Waals surface area contributed by atoms with Crippen molar-refractivity contribution >= 4 is 38.1 Å². The Morgan fingerprint density at radius 2 is 2.15 bits per heavy atom. The van der Waals surface area contributed by atoms with E-state index >= 15 is 0 Å². The van der Waals surface area contributed by atoms with Crippen LogP contribution in [-0.4, -0.2) is 37.0 Å². The molecule has 0 saturated carbocycles. The Balaban J connectivity index is 1.97. The highest BCUT2D eigenvalue weighted by Crippen LogP contribution is 2.22. The molecule has 2 N–H and O–H groups in total. The molecule has 9 heteroatoms. The predicted octanol–water partition coefficient (Wildman–Crippen LogP) is 1.09. The lowest BCUT2D eigenvalue weighted by atomic mass is 10.3. The van der Waals surface area contributed by atoms with Crippen molar-refractivity contribution in [2.24, 2.45) is 0 Å². The molecule has 0 bridgehead atoms. The second-order valence-electron chi connectivity index (χ2n) is 4.35. The van der Waals surface area contributed by atoms with Gasteiger partial charge in [-0.1, -0.05) is 11.3 Å². The number of urea groups is 1. The van der Waals surface area contributed by atoms with E-state index in [1.807, 2.05) is 0 Å². The molecule has 2 heterocycles. The first-order chi connectivity index (χ1) is 9.27. The lowest BCUT2D eigenvalue weighted by molar-refractivity contribution is 0.102. The molecule has 0 spiro atoms. The Morgan fingerprint density at radius 1 is 1.45 bits per heavy atom. The summed E-state index contributed by atoms with van der Waals surface area (Å²) in [6.07, 6.45) is 1.42. The minimum Gasteiger partial charge on any atom is -0.331 e. The molecule has 1 aliphatic rings. The van der Waals surface area contributed by atoms with Crippen molar-refractivity contribution in [3.63, 3.8) is 0 Å². The molecular weight excluding hydrogens is 302 g/mol. The van der Waals surface area contributed by atoms with E-state index in [0.29, 0.717) is 15.7 Å². The smallest absolute Gasteiger partial charge is 0.321 e. The van der Waals surface area contributed by atoms with Crippen molar-refractivity contribution in [1.29, 1.82) is 0 Å². The Kier molecular flexibility index (Phi) is 3.91. The van der Waals surface area contributed by atoms with Crippen LogP contribution in [0.3, 0.4) is 0 Å². The Hall–Kier alpha value is -1.74. The van der Waals surface area contributed by atoms with E-state index in [4.69, 9.17) is 0 Å². The molecule has 0 saturated heterocycles. The van der Waals surface area contributed by atoms with Crippen LogP contribution < -0.4 is 10.6 Å². The number of nitrogens with one attached hydrogen (secondary N) is 2. The van der Waals surface area contributed by atoms with Gasteiger partial charge in [0.15, 0.2) is 20.8 Å². The number of aryl methyl sites for hydroxylation is 1. The zero-order valence-corrected chi connectivity index (χ0v) is 12.5. The number of hydrogen-bond acceptors (Lipinski definition) is 6. The first-order valence-electron chi connectivity index (χ1n) is 5.74. The average molecular weight is 315 g/mol. The van der Waals surface area contributed by atoms with E-state index in [1.165, 1.54) is 13.0 Å². The molecule has 0 aliphatic carbocycles. The molecule has 20 heavy (non-hydrogen) atoms. The fraction of sp³-hybridized carbons (Fsp3) is 0.364.